The van der Waals surface area contributed by atoms with E-state index >= 15 is 0 Å². The van der Waals surface area contributed by atoms with E-state index in [1.165, 1.54) is 25.7 Å². The van der Waals surface area contributed by atoms with Gasteiger partial charge in [-0.15, -0.1) is 0 Å². The van der Waals surface area contributed by atoms with Gasteiger partial charge in [0.15, 0.2) is 0 Å². The van der Waals surface area contributed by atoms with E-state index in [2.05, 4.69) is 13.8 Å². The molecule has 1 aliphatic rings. The third kappa shape index (κ3) is 3.20. The monoisotopic (exact) mass is 250 g/mol. The summed E-state index contributed by atoms with van der Waals surface area (Å²) >= 11 is 0. The van der Waals surface area contributed by atoms with Crippen LogP contribution in [-0.4, -0.2) is 0 Å². The van der Waals surface area contributed by atoms with E-state index in [1.54, 1.807) is 5.92 Å². The maximum atomic E-state index is 2.31. The van der Waals surface area contributed by atoms with Crippen LogP contribution >= 0.6 is 0 Å². The van der Waals surface area contributed by atoms with Crippen LogP contribution in [0.1, 0.15) is 39.5 Å². The number of hydrogen-bond donors (Lipinski definition) is 0. The fraction of sp³-hybridized carbons (Fsp3) is 0.875. The van der Waals surface area contributed by atoms with Gasteiger partial charge in [-0.05, 0) is 0 Å². The Morgan fingerprint density at radius 2 is 1.56 bits per heavy atom. The molecule has 0 spiro atoms. The first kappa shape index (κ1) is 10.2. The van der Waals surface area contributed by atoms with Crippen molar-refractivity contribution in [3.05, 3.63) is 5.92 Å². The van der Waals surface area contributed by atoms with E-state index in [9.17, 15) is 0 Å². The maximum absolute atomic E-state index is 2.31. The van der Waals surface area contributed by atoms with E-state index in [-0.39, 0.29) is 35.6 Å². The predicted molar refractivity (Wildman–Crippen MR) is 36.5 cm³/mol. The molecule has 1 aliphatic carbocycles. The summed E-state index contributed by atoms with van der Waals surface area (Å²) in [7, 11) is 0. The zero-order valence-corrected chi connectivity index (χ0v) is 10.1. The molecule has 0 amide bonds. The molecule has 9 heavy (non-hydrogen) atoms. The molecule has 0 aromatic carbocycles. The van der Waals surface area contributed by atoms with Crippen molar-refractivity contribution in [1.29, 1.82) is 0 Å². The zero-order chi connectivity index (χ0) is 5.98. The minimum absolute atomic E-state index is 0. The first-order valence-corrected chi connectivity index (χ1v) is 3.65. The van der Waals surface area contributed by atoms with Crippen LogP contribution in [0.3, 0.4) is 0 Å². The second kappa shape index (κ2) is 4.93. The summed E-state index contributed by atoms with van der Waals surface area (Å²) in [6.45, 7) is 4.61. The van der Waals surface area contributed by atoms with Crippen molar-refractivity contribution in [2.75, 3.05) is 0 Å². The summed E-state index contributed by atoms with van der Waals surface area (Å²) in [6.07, 6.45) is 5.73. The molecule has 0 heterocycles. The molecule has 0 aliphatic heterocycles. The Bertz CT molecular complexity index is 63.0. The van der Waals surface area contributed by atoms with Gasteiger partial charge in [-0.25, -0.2) is 0 Å². The van der Waals surface area contributed by atoms with Crippen LogP contribution in [0.15, 0.2) is 0 Å². The quantitative estimate of drug-likeness (QED) is 0.628. The summed E-state index contributed by atoms with van der Waals surface area (Å²) in [5, 5.41) is 0. The summed E-state index contributed by atoms with van der Waals surface area (Å²) in [5.41, 5.74) is 0. The van der Waals surface area contributed by atoms with Gasteiger partial charge in [-0.2, -0.15) is 18.8 Å². The van der Waals surface area contributed by atoms with Crippen LogP contribution in [-0.2, 0) is 0 Å². The third-order valence-corrected chi connectivity index (χ3v) is 2.06. The molecule has 1 radical (unpaired) electrons. The van der Waals surface area contributed by atoms with Gasteiger partial charge >= 0.3 is 0 Å². The molecule has 1 fully saturated rings. The smallest absolute Gasteiger partial charge is 0 e. The molecule has 51 valence electrons. The number of hydrogen-bond acceptors (Lipinski definition) is 0. The van der Waals surface area contributed by atoms with Gasteiger partial charge in [0, 0.05) is 35.6 Å². The molecule has 0 saturated heterocycles. The Morgan fingerprint density at radius 3 is 1.78 bits per heavy atom. The Balaban J connectivity index is 0.000000640. The standard InChI is InChI=1S/C8H15.La/c1-7(2)8-5-3-4-6-8;/h7H,3-6H2,1-2H3;/q-1;. The van der Waals surface area contributed by atoms with Crippen molar-refractivity contribution in [2.24, 2.45) is 5.92 Å². The minimum atomic E-state index is 0. The summed E-state index contributed by atoms with van der Waals surface area (Å²) in [4.78, 5) is 0. The molecule has 0 unspecified atom stereocenters. The summed E-state index contributed by atoms with van der Waals surface area (Å²) in [6, 6.07) is 0. The molecule has 1 rings (SSSR count). The molecule has 1 heteroatoms. The molecule has 0 aromatic rings. The normalized spacial score (nSPS) is 20.3. The van der Waals surface area contributed by atoms with Crippen LogP contribution < -0.4 is 0 Å². The topological polar surface area (TPSA) is 0 Å². The molecule has 0 aromatic heterocycles. The molecule has 0 nitrogen and oxygen atoms in total. The van der Waals surface area contributed by atoms with E-state index in [0.29, 0.717) is 0 Å². The van der Waals surface area contributed by atoms with Gasteiger partial charge in [-0.1, -0.05) is 26.7 Å². The molecular formula is C8H15La-. The van der Waals surface area contributed by atoms with Gasteiger partial charge in [-0.3, -0.25) is 0 Å². The molecule has 0 atom stereocenters. The van der Waals surface area contributed by atoms with E-state index in [0.717, 1.165) is 5.92 Å². The van der Waals surface area contributed by atoms with Gasteiger partial charge in [0.2, 0.25) is 0 Å². The van der Waals surface area contributed by atoms with Crippen molar-refractivity contribution in [3.8, 4) is 0 Å². The molecule has 0 bridgehead atoms. The van der Waals surface area contributed by atoms with Crippen molar-refractivity contribution >= 4 is 0 Å². The van der Waals surface area contributed by atoms with E-state index < -0.39 is 0 Å². The predicted octanol–water partition coefficient (Wildman–Crippen LogP) is 2.79. The Hall–Kier alpha value is 1.19. The van der Waals surface area contributed by atoms with Crippen LogP contribution in [0.25, 0.3) is 0 Å². The minimum Gasteiger partial charge on any atom is -0.311 e. The van der Waals surface area contributed by atoms with Gasteiger partial charge in [0.25, 0.3) is 0 Å². The van der Waals surface area contributed by atoms with E-state index in [1.807, 2.05) is 0 Å². The van der Waals surface area contributed by atoms with Gasteiger partial charge < -0.3 is 5.92 Å². The maximum Gasteiger partial charge on any atom is 0 e. The zero-order valence-electron chi connectivity index (χ0n) is 6.48. The largest absolute Gasteiger partial charge is 0.311 e. The molecular weight excluding hydrogens is 235 g/mol. The Kier molecular flexibility index (Phi) is 5.58. The van der Waals surface area contributed by atoms with Gasteiger partial charge in [0.05, 0.1) is 0 Å². The average molecular weight is 250 g/mol. The first-order valence-electron chi connectivity index (χ1n) is 3.65. The Labute approximate surface area is 86.4 Å². The second-order valence-corrected chi connectivity index (χ2v) is 3.02. The first-order chi connectivity index (χ1) is 3.80. The van der Waals surface area contributed by atoms with Crippen molar-refractivity contribution < 1.29 is 35.6 Å². The molecule has 0 N–H and O–H groups in total. The number of rotatable bonds is 1. The fourth-order valence-electron chi connectivity index (χ4n) is 1.41. The summed E-state index contributed by atoms with van der Waals surface area (Å²) in [5.74, 6) is 2.66. The van der Waals surface area contributed by atoms with Crippen LogP contribution in [0.2, 0.25) is 0 Å². The van der Waals surface area contributed by atoms with Crippen molar-refractivity contribution in [3.63, 3.8) is 0 Å². The Morgan fingerprint density at radius 1 is 1.11 bits per heavy atom. The van der Waals surface area contributed by atoms with Crippen LogP contribution in [0.5, 0.6) is 0 Å². The van der Waals surface area contributed by atoms with Crippen molar-refractivity contribution in [2.45, 2.75) is 39.5 Å². The van der Waals surface area contributed by atoms with Crippen LogP contribution in [0.4, 0.5) is 0 Å². The van der Waals surface area contributed by atoms with E-state index in [4.69, 9.17) is 0 Å². The fourth-order valence-corrected chi connectivity index (χ4v) is 1.41. The second-order valence-electron chi connectivity index (χ2n) is 3.02. The third-order valence-electron chi connectivity index (χ3n) is 2.06. The van der Waals surface area contributed by atoms with Gasteiger partial charge in [0.1, 0.15) is 0 Å². The summed E-state index contributed by atoms with van der Waals surface area (Å²) < 4.78 is 0. The SMILES string of the molecule is CC(C)[C-]1CCCC1.[La]. The average Bonchev–Trinajstić information content (AvgIpc) is 2.12. The van der Waals surface area contributed by atoms with Crippen LogP contribution in [0, 0.1) is 47.4 Å². The van der Waals surface area contributed by atoms with Crippen molar-refractivity contribution in [1.82, 2.24) is 0 Å². The molecule has 1 saturated carbocycles.